The average molecular weight is 305 g/mol. The van der Waals surface area contributed by atoms with Crippen LogP contribution in [0.2, 0.25) is 0 Å². The lowest BCUT2D eigenvalue weighted by molar-refractivity contribution is 0.102. The van der Waals surface area contributed by atoms with Gasteiger partial charge in [-0.25, -0.2) is 4.39 Å². The number of halogens is 1. The Hall–Kier alpha value is -1.68. The van der Waals surface area contributed by atoms with Crippen LogP contribution in [0.25, 0.3) is 0 Å². The molecule has 0 unspecified atom stereocenters. The van der Waals surface area contributed by atoms with Crippen LogP contribution in [-0.4, -0.2) is 5.91 Å². The lowest BCUT2D eigenvalue weighted by Crippen LogP contribution is -2.13. The zero-order valence-electron chi connectivity index (χ0n) is 12.6. The first-order valence-corrected chi connectivity index (χ1v) is 7.99. The number of rotatable bonds is 5. The van der Waals surface area contributed by atoms with E-state index in [1.165, 1.54) is 12.1 Å². The quantitative estimate of drug-likeness (QED) is 0.824. The van der Waals surface area contributed by atoms with E-state index in [0.29, 0.717) is 17.2 Å². The van der Waals surface area contributed by atoms with Gasteiger partial charge >= 0.3 is 0 Å². The van der Waals surface area contributed by atoms with E-state index in [0.717, 1.165) is 23.3 Å². The predicted molar refractivity (Wildman–Crippen MR) is 86.6 cm³/mol. The van der Waals surface area contributed by atoms with Crippen molar-refractivity contribution in [3.05, 3.63) is 51.5 Å². The first-order valence-electron chi connectivity index (χ1n) is 7.11. The van der Waals surface area contributed by atoms with Crippen molar-refractivity contribution in [3.8, 4) is 0 Å². The molecule has 0 radical (unpaired) electrons. The first kappa shape index (κ1) is 15.7. The van der Waals surface area contributed by atoms with Crippen molar-refractivity contribution in [2.24, 2.45) is 5.92 Å². The first-order chi connectivity index (χ1) is 9.97. The maximum Gasteiger partial charge on any atom is 0.256 e. The van der Waals surface area contributed by atoms with E-state index in [4.69, 9.17) is 0 Å². The Morgan fingerprint density at radius 2 is 2.10 bits per heavy atom. The molecule has 0 bridgehead atoms. The molecule has 112 valence electrons. The second-order valence-electron chi connectivity index (χ2n) is 5.58. The van der Waals surface area contributed by atoms with E-state index in [2.05, 4.69) is 19.2 Å². The summed E-state index contributed by atoms with van der Waals surface area (Å²) >= 11 is 1.54. The van der Waals surface area contributed by atoms with Crippen LogP contribution in [0.4, 0.5) is 10.1 Å². The summed E-state index contributed by atoms with van der Waals surface area (Å²) in [7, 11) is 0. The molecule has 1 amide bonds. The Bertz CT molecular complexity index is 633. The standard InChI is InChI=1S/C17H20FNOS/c1-11(2)4-5-13-10-14(18)6-7-16(13)19-17(20)15-8-9-21-12(15)3/h6-11H,4-5H2,1-3H3,(H,19,20). The van der Waals surface area contributed by atoms with E-state index in [1.54, 1.807) is 17.4 Å². The van der Waals surface area contributed by atoms with Gasteiger partial charge < -0.3 is 5.32 Å². The normalized spacial score (nSPS) is 10.9. The highest BCUT2D eigenvalue weighted by Crippen LogP contribution is 2.23. The van der Waals surface area contributed by atoms with Crippen molar-refractivity contribution in [2.75, 3.05) is 5.32 Å². The smallest absolute Gasteiger partial charge is 0.256 e. The van der Waals surface area contributed by atoms with Crippen LogP contribution in [-0.2, 0) is 6.42 Å². The molecule has 0 spiro atoms. The third-order valence-electron chi connectivity index (χ3n) is 3.41. The van der Waals surface area contributed by atoms with E-state index in [-0.39, 0.29) is 11.7 Å². The Labute approximate surface area is 129 Å². The Balaban J connectivity index is 2.19. The van der Waals surface area contributed by atoms with Crippen molar-refractivity contribution in [2.45, 2.75) is 33.6 Å². The molecule has 0 atom stereocenters. The highest BCUT2D eigenvalue weighted by Gasteiger charge is 2.13. The summed E-state index contributed by atoms with van der Waals surface area (Å²) in [5, 5.41) is 4.80. The molecular weight excluding hydrogens is 285 g/mol. The monoisotopic (exact) mass is 305 g/mol. The van der Waals surface area contributed by atoms with Gasteiger partial charge in [0.15, 0.2) is 0 Å². The average Bonchev–Trinajstić information content (AvgIpc) is 2.85. The highest BCUT2D eigenvalue weighted by atomic mass is 32.1. The van der Waals surface area contributed by atoms with Crippen LogP contribution < -0.4 is 5.32 Å². The van der Waals surface area contributed by atoms with Crippen molar-refractivity contribution in [1.29, 1.82) is 0 Å². The molecule has 2 aromatic rings. The number of benzene rings is 1. The third kappa shape index (κ3) is 4.14. The number of nitrogens with one attached hydrogen (secondary N) is 1. The van der Waals surface area contributed by atoms with Gasteiger partial charge in [0.05, 0.1) is 5.56 Å². The number of thiophene rings is 1. The molecule has 0 fully saturated rings. The van der Waals surface area contributed by atoms with Gasteiger partial charge in [-0.1, -0.05) is 13.8 Å². The third-order valence-corrected chi connectivity index (χ3v) is 4.26. The number of carbonyl (C=O) groups excluding carboxylic acids is 1. The van der Waals surface area contributed by atoms with Crippen LogP contribution >= 0.6 is 11.3 Å². The minimum atomic E-state index is -0.265. The molecule has 1 heterocycles. The number of aryl methyl sites for hydroxylation is 2. The summed E-state index contributed by atoms with van der Waals surface area (Å²) in [6.45, 7) is 6.18. The summed E-state index contributed by atoms with van der Waals surface area (Å²) in [6.07, 6.45) is 1.72. The summed E-state index contributed by atoms with van der Waals surface area (Å²) in [5.74, 6) is 0.139. The molecule has 4 heteroatoms. The van der Waals surface area contributed by atoms with Crippen LogP contribution in [0.5, 0.6) is 0 Å². The highest BCUT2D eigenvalue weighted by molar-refractivity contribution is 7.10. The molecule has 2 rings (SSSR count). The molecular formula is C17H20FNOS. The van der Waals surface area contributed by atoms with Crippen molar-refractivity contribution < 1.29 is 9.18 Å². The maximum atomic E-state index is 13.4. The van der Waals surface area contributed by atoms with Gasteiger partial charge in [-0.15, -0.1) is 11.3 Å². The summed E-state index contributed by atoms with van der Waals surface area (Å²) in [6, 6.07) is 6.35. The molecule has 21 heavy (non-hydrogen) atoms. The zero-order chi connectivity index (χ0) is 15.4. The fourth-order valence-corrected chi connectivity index (χ4v) is 2.84. The van der Waals surface area contributed by atoms with E-state index < -0.39 is 0 Å². The number of anilines is 1. The fourth-order valence-electron chi connectivity index (χ4n) is 2.15. The lowest BCUT2D eigenvalue weighted by Gasteiger charge is -2.12. The molecule has 0 saturated carbocycles. The second-order valence-corrected chi connectivity index (χ2v) is 6.70. The maximum absolute atomic E-state index is 13.4. The topological polar surface area (TPSA) is 29.1 Å². The Kier molecular flexibility index (Phi) is 5.12. The molecule has 1 N–H and O–H groups in total. The van der Waals surface area contributed by atoms with Gasteiger partial charge in [0, 0.05) is 10.6 Å². The number of amides is 1. The van der Waals surface area contributed by atoms with Crippen LogP contribution in [0.15, 0.2) is 29.6 Å². The van der Waals surface area contributed by atoms with E-state index in [1.807, 2.05) is 18.4 Å². The zero-order valence-corrected chi connectivity index (χ0v) is 13.4. The SMILES string of the molecule is Cc1sccc1C(=O)Nc1ccc(F)cc1CCC(C)C. The molecule has 0 aliphatic carbocycles. The predicted octanol–water partition coefficient (Wildman–Crippen LogP) is 5.04. The Morgan fingerprint density at radius 3 is 2.71 bits per heavy atom. The van der Waals surface area contributed by atoms with E-state index in [9.17, 15) is 9.18 Å². The Morgan fingerprint density at radius 1 is 1.33 bits per heavy atom. The largest absolute Gasteiger partial charge is 0.322 e. The van der Waals surface area contributed by atoms with E-state index >= 15 is 0 Å². The van der Waals surface area contributed by atoms with Gasteiger partial charge in [0.25, 0.3) is 5.91 Å². The molecule has 2 nitrogen and oxygen atoms in total. The van der Waals surface area contributed by atoms with Gasteiger partial charge in [-0.3, -0.25) is 4.79 Å². The number of carbonyl (C=O) groups is 1. The van der Waals surface area contributed by atoms with Crippen molar-refractivity contribution >= 4 is 22.9 Å². The van der Waals surface area contributed by atoms with Gasteiger partial charge in [-0.2, -0.15) is 0 Å². The van der Waals surface area contributed by atoms with Gasteiger partial charge in [-0.05, 0) is 60.9 Å². The summed E-state index contributed by atoms with van der Waals surface area (Å²) < 4.78 is 13.4. The molecule has 1 aromatic heterocycles. The van der Waals surface area contributed by atoms with Crippen LogP contribution in [0, 0.1) is 18.7 Å². The minimum absolute atomic E-state index is 0.133. The van der Waals surface area contributed by atoms with Gasteiger partial charge in [0.1, 0.15) is 5.82 Å². The summed E-state index contributed by atoms with van der Waals surface area (Å²) in [5.41, 5.74) is 2.23. The molecule has 1 aromatic carbocycles. The van der Waals surface area contributed by atoms with Gasteiger partial charge in [0.2, 0.25) is 0 Å². The molecule has 0 aliphatic heterocycles. The summed E-state index contributed by atoms with van der Waals surface area (Å²) in [4.78, 5) is 13.3. The second kappa shape index (κ2) is 6.85. The number of hydrogen-bond donors (Lipinski definition) is 1. The van der Waals surface area contributed by atoms with Crippen LogP contribution in [0.1, 0.15) is 41.1 Å². The lowest BCUT2D eigenvalue weighted by atomic mass is 10.0. The van der Waals surface area contributed by atoms with Crippen molar-refractivity contribution in [3.63, 3.8) is 0 Å². The molecule has 0 aliphatic rings. The van der Waals surface area contributed by atoms with Crippen molar-refractivity contribution in [1.82, 2.24) is 0 Å². The molecule has 0 saturated heterocycles. The van der Waals surface area contributed by atoms with Crippen LogP contribution in [0.3, 0.4) is 0 Å². The number of hydrogen-bond acceptors (Lipinski definition) is 2. The fraction of sp³-hybridized carbons (Fsp3) is 0.353. The minimum Gasteiger partial charge on any atom is -0.322 e.